The van der Waals surface area contributed by atoms with Crippen LogP contribution >= 0.6 is 11.6 Å². The largest absolute Gasteiger partial charge is 0.375 e. The van der Waals surface area contributed by atoms with Gasteiger partial charge in [-0.25, -0.2) is 4.39 Å². The van der Waals surface area contributed by atoms with Crippen LogP contribution in [0.3, 0.4) is 0 Å². The van der Waals surface area contributed by atoms with Crippen LogP contribution in [0.5, 0.6) is 0 Å². The average molecular weight is 418 g/mol. The zero-order valence-electron chi connectivity index (χ0n) is 17.3. The van der Waals surface area contributed by atoms with Crippen LogP contribution in [0.2, 0.25) is 5.02 Å². The molecule has 2 atom stereocenters. The highest BCUT2D eigenvalue weighted by Crippen LogP contribution is 2.32. The molecule has 29 heavy (non-hydrogen) atoms. The van der Waals surface area contributed by atoms with E-state index in [2.05, 4.69) is 13.8 Å². The molecule has 2 aromatic rings. The Labute approximate surface area is 177 Å². The van der Waals surface area contributed by atoms with Crippen molar-refractivity contribution in [3.05, 3.63) is 70.5 Å². The molecular formula is C24H29ClFNO2. The van der Waals surface area contributed by atoms with Gasteiger partial charge in [0.25, 0.3) is 0 Å². The Morgan fingerprint density at radius 3 is 2.31 bits per heavy atom. The normalized spacial score (nSPS) is 19.6. The highest BCUT2D eigenvalue weighted by atomic mass is 35.5. The van der Waals surface area contributed by atoms with E-state index in [1.165, 1.54) is 12.1 Å². The Bertz CT molecular complexity index is 774. The van der Waals surface area contributed by atoms with E-state index in [0.717, 1.165) is 30.4 Å². The van der Waals surface area contributed by atoms with Crippen LogP contribution in [-0.2, 0) is 9.53 Å². The van der Waals surface area contributed by atoms with Crippen LogP contribution in [0.15, 0.2) is 48.5 Å². The van der Waals surface area contributed by atoms with Crippen LogP contribution in [0.25, 0.3) is 0 Å². The lowest BCUT2D eigenvalue weighted by Crippen LogP contribution is -2.48. The van der Waals surface area contributed by atoms with Gasteiger partial charge >= 0.3 is 0 Å². The first-order valence-electron chi connectivity index (χ1n) is 10.2. The molecule has 0 aromatic heterocycles. The molecule has 1 aliphatic rings. The third-order valence-electron chi connectivity index (χ3n) is 5.72. The molecule has 0 aliphatic carbocycles. The predicted molar refractivity (Wildman–Crippen MR) is 115 cm³/mol. The van der Waals surface area contributed by atoms with Crippen molar-refractivity contribution in [1.29, 1.82) is 0 Å². The van der Waals surface area contributed by atoms with Crippen LogP contribution in [0.4, 0.5) is 4.39 Å². The van der Waals surface area contributed by atoms with Crippen molar-refractivity contribution in [1.82, 2.24) is 4.90 Å². The number of benzene rings is 2. The minimum absolute atomic E-state index is 0.0579. The molecule has 156 valence electrons. The van der Waals surface area contributed by atoms with Gasteiger partial charge in [0.05, 0.1) is 5.60 Å². The molecule has 3 rings (SSSR count). The summed E-state index contributed by atoms with van der Waals surface area (Å²) in [6.45, 7) is 7.09. The zero-order valence-corrected chi connectivity index (χ0v) is 18.1. The second-order valence-electron chi connectivity index (χ2n) is 8.41. The Hall–Kier alpha value is -1.91. The molecule has 1 saturated heterocycles. The Morgan fingerprint density at radius 2 is 1.76 bits per heavy atom. The molecule has 1 amide bonds. The summed E-state index contributed by atoms with van der Waals surface area (Å²) in [7, 11) is 0. The van der Waals surface area contributed by atoms with Crippen LogP contribution < -0.4 is 0 Å². The predicted octanol–water partition coefficient (Wildman–Crippen LogP) is 5.81. The molecule has 2 aromatic carbocycles. The number of hydrogen-bond donors (Lipinski definition) is 0. The summed E-state index contributed by atoms with van der Waals surface area (Å²) < 4.78 is 19.3. The summed E-state index contributed by atoms with van der Waals surface area (Å²) in [6.07, 6.45) is 2.44. The van der Waals surface area contributed by atoms with Crippen molar-refractivity contribution in [2.24, 2.45) is 0 Å². The van der Waals surface area contributed by atoms with Crippen molar-refractivity contribution in [2.75, 3.05) is 13.2 Å². The van der Waals surface area contributed by atoms with Gasteiger partial charge in [-0.1, -0.05) is 35.9 Å². The number of rotatable bonds is 6. The first kappa shape index (κ1) is 21.8. The third-order valence-corrected chi connectivity index (χ3v) is 5.97. The van der Waals surface area contributed by atoms with E-state index in [0.29, 0.717) is 18.2 Å². The van der Waals surface area contributed by atoms with Gasteiger partial charge in [-0.05, 0) is 68.5 Å². The molecule has 0 radical (unpaired) electrons. The van der Waals surface area contributed by atoms with Gasteiger partial charge in [0.2, 0.25) is 5.91 Å². The number of nitrogens with zero attached hydrogens (tertiary/aromatic N) is 1. The molecule has 1 aliphatic heterocycles. The zero-order chi connectivity index (χ0) is 21.0. The van der Waals surface area contributed by atoms with Gasteiger partial charge < -0.3 is 9.64 Å². The number of hydrogen-bond acceptors (Lipinski definition) is 2. The SMILES string of the molecule is CC(=O)N(CC[C@H](c1ccc(F)cc1)c1ccc(Cl)cc1)[C@H]1CCOC(C)(C)C1. The quantitative estimate of drug-likeness (QED) is 0.593. The molecule has 0 spiro atoms. The third kappa shape index (κ3) is 5.80. The van der Waals surface area contributed by atoms with E-state index in [-0.39, 0.29) is 29.3 Å². The first-order valence-corrected chi connectivity index (χ1v) is 10.5. The first-order chi connectivity index (χ1) is 13.7. The van der Waals surface area contributed by atoms with Crippen molar-refractivity contribution in [2.45, 2.75) is 57.6 Å². The fourth-order valence-electron chi connectivity index (χ4n) is 4.25. The molecule has 0 bridgehead atoms. The summed E-state index contributed by atoms with van der Waals surface area (Å²) in [5.74, 6) is -0.109. The van der Waals surface area contributed by atoms with Crippen molar-refractivity contribution in [3.8, 4) is 0 Å². The highest BCUT2D eigenvalue weighted by Gasteiger charge is 2.33. The lowest BCUT2D eigenvalue weighted by molar-refractivity contribution is -0.138. The molecule has 0 unspecified atom stereocenters. The van der Waals surface area contributed by atoms with E-state index in [1.807, 2.05) is 41.3 Å². The minimum atomic E-state index is -0.251. The number of amides is 1. The molecule has 1 fully saturated rings. The van der Waals surface area contributed by atoms with Crippen molar-refractivity contribution in [3.63, 3.8) is 0 Å². The summed E-state index contributed by atoms with van der Waals surface area (Å²) in [4.78, 5) is 14.4. The second kappa shape index (κ2) is 9.27. The fourth-order valence-corrected chi connectivity index (χ4v) is 4.37. The highest BCUT2D eigenvalue weighted by molar-refractivity contribution is 6.30. The summed E-state index contributed by atoms with van der Waals surface area (Å²) >= 11 is 6.07. The monoisotopic (exact) mass is 417 g/mol. The van der Waals surface area contributed by atoms with Crippen molar-refractivity contribution >= 4 is 17.5 Å². The number of halogens is 2. The van der Waals surface area contributed by atoms with Crippen LogP contribution in [0, 0.1) is 5.82 Å². The average Bonchev–Trinajstić information content (AvgIpc) is 2.66. The maximum Gasteiger partial charge on any atom is 0.219 e. The molecule has 1 heterocycles. The summed E-state index contributed by atoms with van der Waals surface area (Å²) in [5.41, 5.74) is 1.92. The molecular weight excluding hydrogens is 389 g/mol. The van der Waals surface area contributed by atoms with E-state index < -0.39 is 0 Å². The molecule has 0 N–H and O–H groups in total. The number of carbonyl (C=O) groups excluding carboxylic acids is 1. The molecule has 0 saturated carbocycles. The Morgan fingerprint density at radius 1 is 1.17 bits per heavy atom. The summed E-state index contributed by atoms with van der Waals surface area (Å²) in [5, 5.41) is 0.682. The molecule has 5 heteroatoms. The van der Waals surface area contributed by atoms with Gasteiger partial charge in [0.15, 0.2) is 0 Å². The van der Waals surface area contributed by atoms with Crippen LogP contribution in [0.1, 0.15) is 57.1 Å². The maximum atomic E-state index is 13.5. The Balaban J connectivity index is 1.81. The van der Waals surface area contributed by atoms with Crippen LogP contribution in [-0.4, -0.2) is 35.6 Å². The molecule has 3 nitrogen and oxygen atoms in total. The smallest absolute Gasteiger partial charge is 0.219 e. The topological polar surface area (TPSA) is 29.5 Å². The Kier molecular flexibility index (Phi) is 6.97. The van der Waals surface area contributed by atoms with Gasteiger partial charge in [-0.15, -0.1) is 0 Å². The lowest BCUT2D eigenvalue weighted by Gasteiger charge is -2.41. The fraction of sp³-hybridized carbons (Fsp3) is 0.458. The second-order valence-corrected chi connectivity index (χ2v) is 8.85. The van der Waals surface area contributed by atoms with E-state index in [9.17, 15) is 9.18 Å². The lowest BCUT2D eigenvalue weighted by atomic mass is 9.87. The maximum absolute atomic E-state index is 13.5. The van der Waals surface area contributed by atoms with Gasteiger partial charge in [0.1, 0.15) is 5.82 Å². The minimum Gasteiger partial charge on any atom is -0.375 e. The standard InChI is InChI=1S/C24H29ClFNO2/c1-17(28)27(22-13-15-29-24(2,3)16-22)14-12-23(18-4-8-20(25)9-5-18)19-6-10-21(26)11-7-19/h4-11,22-23H,12-16H2,1-3H3/t22-,23-/m0/s1. The summed E-state index contributed by atoms with van der Waals surface area (Å²) in [6, 6.07) is 14.6. The van der Waals surface area contributed by atoms with E-state index in [1.54, 1.807) is 6.92 Å². The number of carbonyl (C=O) groups is 1. The van der Waals surface area contributed by atoms with Gasteiger partial charge in [-0.3, -0.25) is 4.79 Å². The van der Waals surface area contributed by atoms with E-state index in [4.69, 9.17) is 16.3 Å². The number of ether oxygens (including phenoxy) is 1. The van der Waals surface area contributed by atoms with Gasteiger partial charge in [0, 0.05) is 37.1 Å². The van der Waals surface area contributed by atoms with E-state index >= 15 is 0 Å². The van der Waals surface area contributed by atoms with Gasteiger partial charge in [-0.2, -0.15) is 0 Å². The van der Waals surface area contributed by atoms with Crippen molar-refractivity contribution < 1.29 is 13.9 Å².